The lowest BCUT2D eigenvalue weighted by atomic mass is 9.98. The van der Waals surface area contributed by atoms with Crippen LogP contribution in [0.15, 0.2) is 70.7 Å². The molecule has 0 radical (unpaired) electrons. The number of rotatable bonds is 6. The fraction of sp³-hybridized carbons (Fsp3) is 0.222. The zero-order valence-electron chi connectivity index (χ0n) is 20.0. The second kappa shape index (κ2) is 8.34. The highest BCUT2D eigenvalue weighted by Crippen LogP contribution is 2.72. The molecule has 4 aromatic rings. The van der Waals surface area contributed by atoms with Gasteiger partial charge in [-0.2, -0.15) is 3.97 Å². The summed E-state index contributed by atoms with van der Waals surface area (Å²) >= 11 is 0. The summed E-state index contributed by atoms with van der Waals surface area (Å²) in [5.41, 5.74) is 5.24. The number of ether oxygens (including phenoxy) is 3. The van der Waals surface area contributed by atoms with Crippen LogP contribution in [0.4, 0.5) is 5.69 Å². The van der Waals surface area contributed by atoms with Crippen LogP contribution < -0.4 is 14.2 Å². The number of aliphatic imine (C=N–C) groups is 1. The monoisotopic (exact) mass is 491 g/mol. The number of fused-ring (bicyclic) bond motifs is 2. The van der Waals surface area contributed by atoms with Gasteiger partial charge in [-0.1, -0.05) is 29.5 Å². The van der Waals surface area contributed by atoms with E-state index in [2.05, 4.69) is 45.7 Å². The first-order valence-electron chi connectivity index (χ1n) is 11.4. The number of benzene rings is 3. The number of methoxy groups -OCH3 is 3. The van der Waals surface area contributed by atoms with Crippen LogP contribution in [0, 0.1) is 5.92 Å². The molecule has 2 unspecified atom stereocenters. The Balaban J connectivity index is 1.56. The van der Waals surface area contributed by atoms with E-state index in [0.29, 0.717) is 17.4 Å². The summed E-state index contributed by atoms with van der Waals surface area (Å²) in [5.74, 6) is 2.55. The molecule has 180 valence electrons. The van der Waals surface area contributed by atoms with Gasteiger partial charge in [0.1, 0.15) is 20.9 Å². The van der Waals surface area contributed by atoms with E-state index in [-0.39, 0.29) is 0 Å². The van der Waals surface area contributed by atoms with E-state index in [9.17, 15) is 0 Å². The van der Waals surface area contributed by atoms with Gasteiger partial charge in [-0.05, 0) is 59.9 Å². The van der Waals surface area contributed by atoms with Gasteiger partial charge in [0.05, 0.1) is 32.5 Å². The maximum absolute atomic E-state index is 5.98. The van der Waals surface area contributed by atoms with Gasteiger partial charge in [-0.15, -0.1) is 0 Å². The number of hydrogen-bond acceptors (Lipinski definition) is 5. The summed E-state index contributed by atoms with van der Waals surface area (Å²) in [6.45, 7) is 2.18. The van der Waals surface area contributed by atoms with Crippen molar-refractivity contribution in [3.05, 3.63) is 66.4 Å². The van der Waals surface area contributed by atoms with Crippen molar-refractivity contribution in [2.24, 2.45) is 10.9 Å². The molecule has 2 aliphatic heterocycles. The first kappa shape index (κ1) is 22.0. The second-order valence-corrected chi connectivity index (χ2v) is 10.8. The zero-order chi connectivity index (χ0) is 24.2. The molecular weight excluding hydrogens is 464 g/mol. The molecule has 3 aromatic carbocycles. The van der Waals surface area contributed by atoms with E-state index < -0.39 is 10.8 Å². The van der Waals surface area contributed by atoms with Crippen LogP contribution in [0.2, 0.25) is 0 Å². The Kier molecular flexibility index (Phi) is 5.25. The summed E-state index contributed by atoms with van der Waals surface area (Å²) < 4.78 is 29.3. The van der Waals surface area contributed by atoms with E-state index in [0.717, 1.165) is 44.8 Å². The SMILES string of the molecule is COc1ccc2c(c1)c(-c1ccc(OC)c(OC)c1)cn2S1(c2cccc3c2N=CC(C)C3)O[OH+]1. The van der Waals surface area contributed by atoms with Gasteiger partial charge in [0.25, 0.3) is 0 Å². The molecule has 1 aromatic heterocycles. The summed E-state index contributed by atoms with van der Waals surface area (Å²) in [6, 6.07) is 18.3. The van der Waals surface area contributed by atoms with E-state index in [1.54, 1.807) is 21.3 Å². The van der Waals surface area contributed by atoms with Crippen molar-refractivity contribution < 1.29 is 22.9 Å². The summed E-state index contributed by atoms with van der Waals surface area (Å²) in [6.07, 6.45) is 5.10. The van der Waals surface area contributed by atoms with Crippen molar-refractivity contribution in [1.29, 1.82) is 0 Å². The highest BCUT2D eigenvalue weighted by atomic mass is 32.3. The maximum Gasteiger partial charge on any atom is 0.162 e. The molecule has 35 heavy (non-hydrogen) atoms. The van der Waals surface area contributed by atoms with E-state index in [4.69, 9.17) is 23.5 Å². The second-order valence-electron chi connectivity index (χ2n) is 8.69. The van der Waals surface area contributed by atoms with Gasteiger partial charge >= 0.3 is 0 Å². The summed E-state index contributed by atoms with van der Waals surface area (Å²) in [7, 11) is 2.88. The van der Waals surface area contributed by atoms with Crippen molar-refractivity contribution >= 4 is 33.6 Å². The minimum absolute atomic E-state index is 0.414. The molecule has 2 atom stereocenters. The number of para-hydroxylation sites is 1. The minimum atomic E-state index is -2.08. The third-order valence-corrected chi connectivity index (χ3v) is 8.69. The number of nitrogens with zero attached hydrogens (tertiary/aromatic N) is 2. The third-order valence-electron chi connectivity index (χ3n) is 6.52. The Labute approximate surface area is 205 Å². The fourth-order valence-electron chi connectivity index (χ4n) is 4.73. The Morgan fingerprint density at radius 1 is 1.00 bits per heavy atom. The predicted octanol–water partition coefficient (Wildman–Crippen LogP) is 6.72. The van der Waals surface area contributed by atoms with Crippen LogP contribution in [0.5, 0.6) is 17.2 Å². The van der Waals surface area contributed by atoms with Crippen LogP contribution in [0.1, 0.15) is 12.5 Å². The molecule has 2 aliphatic rings. The normalized spacial score (nSPS) is 22.3. The minimum Gasteiger partial charge on any atom is -0.497 e. The molecule has 0 saturated carbocycles. The molecule has 7 nitrogen and oxygen atoms in total. The zero-order valence-corrected chi connectivity index (χ0v) is 20.8. The Morgan fingerprint density at radius 3 is 2.57 bits per heavy atom. The maximum atomic E-state index is 5.98. The molecule has 0 aliphatic carbocycles. The molecule has 0 spiro atoms. The largest absolute Gasteiger partial charge is 0.497 e. The van der Waals surface area contributed by atoms with E-state index >= 15 is 0 Å². The van der Waals surface area contributed by atoms with Gasteiger partial charge in [0.2, 0.25) is 0 Å². The van der Waals surface area contributed by atoms with Gasteiger partial charge in [0.15, 0.2) is 16.4 Å². The van der Waals surface area contributed by atoms with Gasteiger partial charge in [0, 0.05) is 23.4 Å². The smallest absolute Gasteiger partial charge is 0.162 e. The lowest BCUT2D eigenvalue weighted by molar-refractivity contribution is -0.0556. The fourth-order valence-corrected chi connectivity index (χ4v) is 6.84. The lowest BCUT2D eigenvalue weighted by Gasteiger charge is -2.20. The molecule has 3 heterocycles. The average molecular weight is 492 g/mol. The first-order chi connectivity index (χ1) is 17.1. The van der Waals surface area contributed by atoms with Gasteiger partial charge < -0.3 is 14.2 Å². The standard InChI is InChI=1S/C27H26N2O5S/c1-17-12-19-6-5-7-26(27(19)28-15-17)35(33-34-35)29-16-22(21-14-20(30-2)9-10-23(21)29)18-8-11-24(31-3)25(13-18)32-4/h5-11,13-17H,12H2,1-4H3/p+1. The molecule has 6 rings (SSSR count). The van der Waals surface area contributed by atoms with Gasteiger partial charge in [-0.25, -0.2) is 0 Å². The molecule has 1 saturated heterocycles. The van der Waals surface area contributed by atoms with Crippen LogP contribution in [-0.4, -0.2) is 35.9 Å². The lowest BCUT2D eigenvalue weighted by Crippen LogP contribution is -2.08. The summed E-state index contributed by atoms with van der Waals surface area (Å²) in [4.78, 5) is 5.83. The van der Waals surface area contributed by atoms with Crippen molar-refractivity contribution in [1.82, 2.24) is 3.97 Å². The highest BCUT2D eigenvalue weighted by molar-refractivity contribution is 8.27. The molecule has 1 N–H and O–H groups in total. The van der Waals surface area contributed by atoms with Crippen LogP contribution in [-0.2, 0) is 10.8 Å². The van der Waals surface area contributed by atoms with Crippen molar-refractivity contribution in [3.8, 4) is 28.4 Å². The van der Waals surface area contributed by atoms with E-state index in [1.807, 2.05) is 36.5 Å². The highest BCUT2D eigenvalue weighted by Gasteiger charge is 2.55. The van der Waals surface area contributed by atoms with Crippen molar-refractivity contribution in [3.63, 3.8) is 0 Å². The Bertz CT molecular complexity index is 1470. The predicted molar refractivity (Wildman–Crippen MR) is 139 cm³/mol. The van der Waals surface area contributed by atoms with Crippen LogP contribution in [0.25, 0.3) is 22.0 Å². The third kappa shape index (κ3) is 3.48. The quantitative estimate of drug-likeness (QED) is 0.170. The molecule has 1 fully saturated rings. The van der Waals surface area contributed by atoms with Crippen LogP contribution >= 0.6 is 10.8 Å². The Morgan fingerprint density at radius 2 is 1.83 bits per heavy atom. The molecular formula is C27H27N2O5S+. The summed E-state index contributed by atoms with van der Waals surface area (Å²) in [5, 5.41) is 1.04. The molecule has 8 heteroatoms. The van der Waals surface area contributed by atoms with Crippen molar-refractivity contribution in [2.45, 2.75) is 18.2 Å². The topological polar surface area (TPSA) is 70.3 Å². The average Bonchev–Trinajstić information content (AvgIpc) is 3.61. The van der Waals surface area contributed by atoms with E-state index in [1.165, 1.54) is 5.56 Å². The Hall–Kier alpha value is -3.46. The first-order valence-corrected chi connectivity index (χ1v) is 12.9. The van der Waals surface area contributed by atoms with Crippen molar-refractivity contribution in [2.75, 3.05) is 21.3 Å². The van der Waals surface area contributed by atoms with Gasteiger partial charge in [-0.3, -0.25) is 4.99 Å². The molecule has 0 bridgehead atoms. The number of hydrogen-bond donors (Lipinski definition) is 0. The number of aromatic nitrogens is 1. The molecule has 0 amide bonds. The van der Waals surface area contributed by atoms with Crippen LogP contribution in [0.3, 0.4) is 0 Å².